The predicted octanol–water partition coefficient (Wildman–Crippen LogP) is 4.57. The molecule has 0 aromatic heterocycles. The van der Waals surface area contributed by atoms with Gasteiger partial charge < -0.3 is 10.1 Å². The van der Waals surface area contributed by atoms with E-state index < -0.39 is 10.0 Å². The van der Waals surface area contributed by atoms with Gasteiger partial charge in [-0.25, -0.2) is 8.42 Å². The number of morpholine rings is 1. The lowest BCUT2D eigenvalue weighted by atomic mass is 10.1. The Balaban J connectivity index is 1.31. The van der Waals surface area contributed by atoms with Gasteiger partial charge in [0.05, 0.1) is 23.8 Å². The van der Waals surface area contributed by atoms with E-state index in [0.717, 1.165) is 21.9 Å². The third-order valence-electron chi connectivity index (χ3n) is 5.57. The third kappa shape index (κ3) is 6.48. The molecule has 0 unspecified atom stereocenters. The van der Waals surface area contributed by atoms with E-state index in [0.29, 0.717) is 39.1 Å². The minimum Gasteiger partial charge on any atom is -0.379 e. The first-order valence-corrected chi connectivity index (χ1v) is 13.7. The number of carbonyl (C=O) groups is 1. The molecule has 8 heteroatoms. The second kappa shape index (κ2) is 11.7. The third-order valence-corrected chi connectivity index (χ3v) is 8.63. The predicted molar refractivity (Wildman–Crippen MR) is 135 cm³/mol. The lowest BCUT2D eigenvalue weighted by Crippen LogP contribution is -2.40. The zero-order valence-electron chi connectivity index (χ0n) is 18.9. The molecule has 1 aliphatic rings. The van der Waals surface area contributed by atoms with Crippen LogP contribution in [0.4, 0.5) is 5.69 Å². The van der Waals surface area contributed by atoms with Crippen LogP contribution in [-0.2, 0) is 31.7 Å². The lowest BCUT2D eigenvalue weighted by molar-refractivity contribution is -0.116. The summed E-state index contributed by atoms with van der Waals surface area (Å²) in [6.45, 7) is 1.57. The van der Waals surface area contributed by atoms with Gasteiger partial charge in [-0.05, 0) is 41.8 Å². The highest BCUT2D eigenvalue weighted by Gasteiger charge is 2.26. The summed E-state index contributed by atoms with van der Waals surface area (Å²) in [7, 11) is -3.51. The van der Waals surface area contributed by atoms with Crippen LogP contribution in [0.15, 0.2) is 88.7 Å². The Morgan fingerprint density at radius 1 is 0.882 bits per heavy atom. The summed E-state index contributed by atoms with van der Waals surface area (Å²) in [5, 5.41) is 3.02. The smallest absolute Gasteiger partial charge is 0.243 e. The van der Waals surface area contributed by atoms with E-state index >= 15 is 0 Å². The van der Waals surface area contributed by atoms with Crippen LogP contribution in [0.25, 0.3) is 0 Å². The summed E-state index contributed by atoms with van der Waals surface area (Å²) in [5.41, 5.74) is 2.95. The van der Waals surface area contributed by atoms with Crippen LogP contribution in [0.5, 0.6) is 0 Å². The molecule has 0 bridgehead atoms. The van der Waals surface area contributed by atoms with Crippen molar-refractivity contribution in [3.8, 4) is 0 Å². The fourth-order valence-corrected chi connectivity index (χ4v) is 6.04. The number of benzene rings is 3. The van der Waals surface area contributed by atoms with Crippen LogP contribution in [-0.4, -0.2) is 44.9 Å². The van der Waals surface area contributed by atoms with Gasteiger partial charge in [-0.1, -0.05) is 54.6 Å². The summed E-state index contributed by atoms with van der Waals surface area (Å²) in [5.74, 6) is 0.755. The molecule has 0 atom stereocenters. The maximum atomic E-state index is 12.7. The van der Waals surface area contributed by atoms with Crippen molar-refractivity contribution in [2.45, 2.75) is 28.4 Å². The van der Waals surface area contributed by atoms with Crippen molar-refractivity contribution < 1.29 is 17.9 Å². The van der Waals surface area contributed by atoms with Gasteiger partial charge in [-0.3, -0.25) is 4.79 Å². The quantitative estimate of drug-likeness (QED) is 0.439. The van der Waals surface area contributed by atoms with Gasteiger partial charge in [-0.2, -0.15) is 4.31 Å². The van der Waals surface area contributed by atoms with Gasteiger partial charge in [0, 0.05) is 30.2 Å². The van der Waals surface area contributed by atoms with Crippen LogP contribution in [0.2, 0.25) is 0 Å². The van der Waals surface area contributed by atoms with E-state index in [2.05, 4.69) is 17.4 Å². The van der Waals surface area contributed by atoms with Crippen molar-refractivity contribution >= 4 is 33.4 Å². The molecule has 1 saturated heterocycles. The van der Waals surface area contributed by atoms with Crippen molar-refractivity contribution in [1.29, 1.82) is 0 Å². The largest absolute Gasteiger partial charge is 0.379 e. The zero-order valence-corrected chi connectivity index (χ0v) is 20.5. The molecular formula is C26H28N2O4S2. The molecule has 0 saturated carbocycles. The fraction of sp³-hybridized carbons (Fsp3) is 0.269. The van der Waals surface area contributed by atoms with Crippen LogP contribution < -0.4 is 5.32 Å². The Hall–Kier alpha value is -2.65. The van der Waals surface area contributed by atoms with Gasteiger partial charge in [0.1, 0.15) is 0 Å². The highest BCUT2D eigenvalue weighted by Crippen LogP contribution is 2.30. The Labute approximate surface area is 205 Å². The number of hydrogen-bond donors (Lipinski definition) is 1. The van der Waals surface area contributed by atoms with Crippen LogP contribution in [0, 0.1) is 0 Å². The second-order valence-corrected chi connectivity index (χ2v) is 10.9. The first-order chi connectivity index (χ1) is 16.5. The molecule has 34 heavy (non-hydrogen) atoms. The maximum Gasteiger partial charge on any atom is 0.243 e. The Morgan fingerprint density at radius 3 is 2.29 bits per heavy atom. The van der Waals surface area contributed by atoms with Crippen LogP contribution >= 0.6 is 11.8 Å². The SMILES string of the molecule is O=C(CCc1ccc(S(=O)(=O)N2CCOCC2)cc1)Nc1ccccc1SCc1ccccc1. The molecule has 4 rings (SSSR count). The minimum absolute atomic E-state index is 0.0715. The van der Waals surface area contributed by atoms with E-state index in [-0.39, 0.29) is 10.8 Å². The molecule has 3 aromatic rings. The molecule has 178 valence electrons. The number of rotatable bonds is 9. The number of nitrogens with one attached hydrogen (secondary N) is 1. The van der Waals surface area contributed by atoms with E-state index in [1.807, 2.05) is 42.5 Å². The Bertz CT molecular complexity index is 1190. The summed E-state index contributed by atoms with van der Waals surface area (Å²) in [6.07, 6.45) is 0.844. The molecule has 1 heterocycles. The highest BCUT2D eigenvalue weighted by atomic mass is 32.2. The topological polar surface area (TPSA) is 75.7 Å². The highest BCUT2D eigenvalue weighted by molar-refractivity contribution is 7.98. The zero-order chi connectivity index (χ0) is 23.8. The number of aryl methyl sites for hydroxylation is 1. The molecular weight excluding hydrogens is 468 g/mol. The average Bonchev–Trinajstić information content (AvgIpc) is 2.88. The molecule has 1 aliphatic heterocycles. The Morgan fingerprint density at radius 2 is 1.56 bits per heavy atom. The molecule has 1 fully saturated rings. The lowest BCUT2D eigenvalue weighted by Gasteiger charge is -2.26. The number of amides is 1. The molecule has 3 aromatic carbocycles. The number of hydrogen-bond acceptors (Lipinski definition) is 5. The van der Waals surface area contributed by atoms with Crippen LogP contribution in [0.1, 0.15) is 17.5 Å². The molecule has 0 aliphatic carbocycles. The number of anilines is 1. The first kappa shape index (κ1) is 24.5. The van der Waals surface area contributed by atoms with Crippen LogP contribution in [0.3, 0.4) is 0 Å². The number of carbonyl (C=O) groups excluding carboxylic acids is 1. The number of thioether (sulfide) groups is 1. The van der Waals surface area contributed by atoms with Gasteiger partial charge >= 0.3 is 0 Å². The number of sulfonamides is 1. The monoisotopic (exact) mass is 496 g/mol. The standard InChI is InChI=1S/C26H28N2O4S2/c29-26(27-24-8-4-5-9-25(24)33-20-22-6-2-1-3-7-22)15-12-21-10-13-23(14-11-21)34(30,31)28-16-18-32-19-17-28/h1-11,13-14H,12,15-20H2,(H,27,29). The molecule has 1 amide bonds. The van der Waals surface area contributed by atoms with Crippen molar-refractivity contribution in [3.63, 3.8) is 0 Å². The van der Waals surface area contributed by atoms with E-state index in [9.17, 15) is 13.2 Å². The fourth-order valence-electron chi connectivity index (χ4n) is 3.67. The minimum atomic E-state index is -3.51. The maximum absolute atomic E-state index is 12.7. The van der Waals surface area contributed by atoms with Gasteiger partial charge in [0.25, 0.3) is 0 Å². The number of nitrogens with zero attached hydrogens (tertiary/aromatic N) is 1. The van der Waals surface area contributed by atoms with Gasteiger partial charge in [-0.15, -0.1) is 11.8 Å². The number of ether oxygens (including phenoxy) is 1. The van der Waals surface area contributed by atoms with E-state index in [1.165, 1.54) is 9.87 Å². The molecule has 0 spiro atoms. The van der Waals surface area contributed by atoms with Gasteiger partial charge in [0.2, 0.25) is 15.9 Å². The summed E-state index contributed by atoms with van der Waals surface area (Å²) in [4.78, 5) is 13.9. The van der Waals surface area contributed by atoms with Crippen molar-refractivity contribution in [2.75, 3.05) is 31.6 Å². The number of para-hydroxylation sites is 1. The second-order valence-electron chi connectivity index (χ2n) is 7.98. The summed E-state index contributed by atoms with van der Waals surface area (Å²) < 4.78 is 32.2. The van der Waals surface area contributed by atoms with E-state index in [1.54, 1.807) is 36.0 Å². The summed E-state index contributed by atoms with van der Waals surface area (Å²) >= 11 is 1.69. The Kier molecular flexibility index (Phi) is 8.39. The molecule has 6 nitrogen and oxygen atoms in total. The van der Waals surface area contributed by atoms with Crippen molar-refractivity contribution in [3.05, 3.63) is 90.0 Å². The summed E-state index contributed by atoms with van der Waals surface area (Å²) in [6, 6.07) is 24.8. The molecule has 0 radical (unpaired) electrons. The molecule has 1 N–H and O–H groups in total. The average molecular weight is 497 g/mol. The van der Waals surface area contributed by atoms with Gasteiger partial charge in [0.15, 0.2) is 0 Å². The normalized spacial score (nSPS) is 14.6. The van der Waals surface area contributed by atoms with Crippen molar-refractivity contribution in [2.24, 2.45) is 0 Å². The van der Waals surface area contributed by atoms with Crippen molar-refractivity contribution in [1.82, 2.24) is 4.31 Å². The first-order valence-electron chi connectivity index (χ1n) is 11.2. The van der Waals surface area contributed by atoms with E-state index in [4.69, 9.17) is 4.74 Å².